The van der Waals surface area contributed by atoms with Crippen LogP contribution in [0.25, 0.3) is 0 Å². The highest BCUT2D eigenvalue weighted by atomic mass is 32.2. The fourth-order valence-electron chi connectivity index (χ4n) is 3.71. The lowest BCUT2D eigenvalue weighted by molar-refractivity contribution is 0.233. The summed E-state index contributed by atoms with van der Waals surface area (Å²) in [6.45, 7) is 2.30. The van der Waals surface area contributed by atoms with Crippen LogP contribution in [-0.4, -0.2) is 11.8 Å². The SMILES string of the molecule is CCC1CCCCC1NC1CCSc2ccc(F)cc21. The van der Waals surface area contributed by atoms with Gasteiger partial charge >= 0.3 is 0 Å². The van der Waals surface area contributed by atoms with Gasteiger partial charge in [0.15, 0.2) is 0 Å². The highest BCUT2D eigenvalue weighted by molar-refractivity contribution is 7.99. The average Bonchev–Trinajstić information content (AvgIpc) is 2.48. The van der Waals surface area contributed by atoms with Gasteiger partial charge in [0, 0.05) is 17.0 Å². The molecular weight excluding hydrogens is 269 g/mol. The number of halogens is 1. The fraction of sp³-hybridized carbons (Fsp3) is 0.647. The van der Waals surface area contributed by atoms with Gasteiger partial charge in [0.25, 0.3) is 0 Å². The topological polar surface area (TPSA) is 12.0 Å². The molecule has 1 nitrogen and oxygen atoms in total. The van der Waals surface area contributed by atoms with Gasteiger partial charge in [-0.05, 0) is 54.7 Å². The van der Waals surface area contributed by atoms with Crippen molar-refractivity contribution < 1.29 is 4.39 Å². The van der Waals surface area contributed by atoms with Crippen molar-refractivity contribution in [2.75, 3.05) is 5.75 Å². The summed E-state index contributed by atoms with van der Waals surface area (Å²) in [7, 11) is 0. The summed E-state index contributed by atoms with van der Waals surface area (Å²) in [6.07, 6.45) is 7.73. The molecule has 1 aliphatic carbocycles. The second-order valence-corrected chi connectivity index (χ2v) is 7.23. The zero-order valence-electron chi connectivity index (χ0n) is 12.2. The smallest absolute Gasteiger partial charge is 0.123 e. The van der Waals surface area contributed by atoms with Crippen molar-refractivity contribution in [1.82, 2.24) is 5.32 Å². The zero-order valence-corrected chi connectivity index (χ0v) is 13.0. The van der Waals surface area contributed by atoms with Gasteiger partial charge in [0.1, 0.15) is 5.82 Å². The molecule has 0 amide bonds. The Labute approximate surface area is 125 Å². The Kier molecular flexibility index (Phi) is 4.67. The third kappa shape index (κ3) is 3.04. The molecule has 1 aromatic rings. The van der Waals surface area contributed by atoms with Crippen LogP contribution in [0.4, 0.5) is 4.39 Å². The Bertz CT molecular complexity index is 462. The van der Waals surface area contributed by atoms with Crippen LogP contribution < -0.4 is 5.32 Å². The van der Waals surface area contributed by atoms with Crippen LogP contribution in [0, 0.1) is 11.7 Å². The molecule has 1 fully saturated rings. The van der Waals surface area contributed by atoms with Crippen molar-refractivity contribution >= 4 is 11.8 Å². The standard InChI is InChI=1S/C17H24FNS/c1-2-12-5-3-4-6-15(12)19-16-9-10-20-17-8-7-13(18)11-14(16)17/h7-8,11-12,15-16,19H,2-6,9-10H2,1H3. The molecule has 0 aromatic heterocycles. The van der Waals surface area contributed by atoms with E-state index >= 15 is 0 Å². The van der Waals surface area contributed by atoms with Gasteiger partial charge in [-0.25, -0.2) is 4.39 Å². The number of rotatable bonds is 3. The lowest BCUT2D eigenvalue weighted by atomic mass is 9.82. The minimum absolute atomic E-state index is 0.103. The average molecular weight is 293 g/mol. The Hall–Kier alpha value is -0.540. The van der Waals surface area contributed by atoms with E-state index in [0.29, 0.717) is 12.1 Å². The van der Waals surface area contributed by atoms with Gasteiger partial charge in [0.05, 0.1) is 0 Å². The molecule has 20 heavy (non-hydrogen) atoms. The van der Waals surface area contributed by atoms with Crippen molar-refractivity contribution in [1.29, 1.82) is 0 Å². The van der Waals surface area contributed by atoms with E-state index in [1.54, 1.807) is 12.1 Å². The zero-order chi connectivity index (χ0) is 13.9. The Morgan fingerprint density at radius 3 is 2.95 bits per heavy atom. The van der Waals surface area contributed by atoms with E-state index < -0.39 is 0 Å². The maximum absolute atomic E-state index is 13.6. The van der Waals surface area contributed by atoms with Crippen LogP contribution >= 0.6 is 11.8 Å². The van der Waals surface area contributed by atoms with Crippen LogP contribution in [0.1, 0.15) is 57.1 Å². The summed E-state index contributed by atoms with van der Waals surface area (Å²) in [5.41, 5.74) is 1.18. The number of hydrogen-bond acceptors (Lipinski definition) is 2. The third-order valence-corrected chi connectivity index (χ3v) is 5.98. The number of nitrogens with one attached hydrogen (secondary N) is 1. The van der Waals surface area contributed by atoms with E-state index in [4.69, 9.17) is 0 Å². The molecule has 0 spiro atoms. The van der Waals surface area contributed by atoms with E-state index in [2.05, 4.69) is 12.2 Å². The maximum Gasteiger partial charge on any atom is 0.123 e. The fourth-order valence-corrected chi connectivity index (χ4v) is 4.82. The molecular formula is C17H24FNS. The lowest BCUT2D eigenvalue weighted by Crippen LogP contribution is -2.41. The van der Waals surface area contributed by atoms with Gasteiger partial charge in [-0.1, -0.05) is 26.2 Å². The summed E-state index contributed by atoms with van der Waals surface area (Å²) < 4.78 is 13.6. The van der Waals surface area contributed by atoms with Crippen molar-refractivity contribution in [2.45, 2.75) is 62.4 Å². The number of hydrogen-bond donors (Lipinski definition) is 1. The summed E-state index contributed by atoms with van der Waals surface area (Å²) in [5.74, 6) is 1.84. The van der Waals surface area contributed by atoms with Crippen molar-refractivity contribution in [3.63, 3.8) is 0 Å². The van der Waals surface area contributed by atoms with Crippen LogP contribution in [0.3, 0.4) is 0 Å². The van der Waals surface area contributed by atoms with E-state index in [0.717, 1.165) is 18.1 Å². The Morgan fingerprint density at radius 2 is 2.10 bits per heavy atom. The van der Waals surface area contributed by atoms with Crippen LogP contribution in [0.5, 0.6) is 0 Å². The predicted octanol–water partition coefficient (Wildman–Crippen LogP) is 4.92. The Morgan fingerprint density at radius 1 is 1.25 bits per heavy atom. The van der Waals surface area contributed by atoms with E-state index in [9.17, 15) is 4.39 Å². The molecule has 1 heterocycles. The van der Waals surface area contributed by atoms with E-state index in [1.165, 1.54) is 42.6 Å². The molecule has 3 atom stereocenters. The summed E-state index contributed by atoms with van der Waals surface area (Å²) in [4.78, 5) is 1.26. The summed E-state index contributed by atoms with van der Waals surface area (Å²) in [6, 6.07) is 6.24. The first-order valence-corrected chi connectivity index (χ1v) is 8.94. The lowest BCUT2D eigenvalue weighted by Gasteiger charge is -2.36. The highest BCUT2D eigenvalue weighted by Crippen LogP contribution is 2.38. The molecule has 0 saturated heterocycles. The second-order valence-electron chi connectivity index (χ2n) is 6.10. The molecule has 3 rings (SSSR count). The second kappa shape index (κ2) is 6.48. The third-order valence-electron chi connectivity index (χ3n) is 4.86. The predicted molar refractivity (Wildman–Crippen MR) is 83.7 cm³/mol. The van der Waals surface area contributed by atoms with Gasteiger partial charge in [-0.2, -0.15) is 0 Å². The van der Waals surface area contributed by atoms with E-state index in [1.807, 2.05) is 17.8 Å². The first-order valence-electron chi connectivity index (χ1n) is 7.96. The minimum Gasteiger partial charge on any atom is -0.307 e. The van der Waals surface area contributed by atoms with Gasteiger partial charge in [-0.15, -0.1) is 11.8 Å². The number of fused-ring (bicyclic) bond motifs is 1. The molecule has 1 saturated carbocycles. The van der Waals surface area contributed by atoms with Crippen LogP contribution in [0.15, 0.2) is 23.1 Å². The Balaban J connectivity index is 1.76. The van der Waals surface area contributed by atoms with Crippen molar-refractivity contribution in [3.05, 3.63) is 29.6 Å². The molecule has 0 radical (unpaired) electrons. The first-order chi connectivity index (χ1) is 9.78. The largest absolute Gasteiger partial charge is 0.307 e. The van der Waals surface area contributed by atoms with Crippen molar-refractivity contribution in [3.8, 4) is 0 Å². The molecule has 1 aromatic carbocycles. The van der Waals surface area contributed by atoms with Crippen LogP contribution in [0.2, 0.25) is 0 Å². The number of thioether (sulfide) groups is 1. The molecule has 0 bridgehead atoms. The van der Waals surface area contributed by atoms with Gasteiger partial charge in [0.2, 0.25) is 0 Å². The molecule has 1 N–H and O–H groups in total. The summed E-state index contributed by atoms with van der Waals surface area (Å²) in [5, 5.41) is 3.86. The molecule has 3 unspecified atom stereocenters. The van der Waals surface area contributed by atoms with Gasteiger partial charge in [-0.3, -0.25) is 0 Å². The number of benzene rings is 1. The minimum atomic E-state index is -0.103. The normalized spacial score (nSPS) is 30.0. The van der Waals surface area contributed by atoms with Crippen LogP contribution in [-0.2, 0) is 0 Å². The quantitative estimate of drug-likeness (QED) is 0.849. The maximum atomic E-state index is 13.6. The molecule has 2 aliphatic rings. The summed E-state index contributed by atoms with van der Waals surface area (Å²) >= 11 is 1.86. The van der Waals surface area contributed by atoms with Crippen molar-refractivity contribution in [2.24, 2.45) is 5.92 Å². The monoisotopic (exact) mass is 293 g/mol. The molecule has 1 aliphatic heterocycles. The first kappa shape index (κ1) is 14.4. The van der Waals surface area contributed by atoms with Gasteiger partial charge < -0.3 is 5.32 Å². The highest BCUT2D eigenvalue weighted by Gasteiger charge is 2.28. The molecule has 3 heteroatoms. The molecule has 110 valence electrons. The van der Waals surface area contributed by atoms with E-state index in [-0.39, 0.29) is 5.82 Å².